The summed E-state index contributed by atoms with van der Waals surface area (Å²) in [7, 11) is 0. The van der Waals surface area contributed by atoms with E-state index in [1.165, 1.54) is 12.8 Å². The lowest BCUT2D eigenvalue weighted by molar-refractivity contribution is -0.143. The molecule has 102 valence electrons. The molecule has 0 saturated carbocycles. The minimum absolute atomic E-state index is 0.0632. The fourth-order valence-electron chi connectivity index (χ4n) is 1.94. The van der Waals surface area contributed by atoms with Gasteiger partial charge in [0.25, 0.3) is 0 Å². The number of unbranched alkanes of at least 4 members (excludes halogenated alkanes) is 2. The van der Waals surface area contributed by atoms with E-state index in [1.54, 1.807) is 0 Å². The zero-order chi connectivity index (χ0) is 13.1. The molecule has 0 aromatic rings. The van der Waals surface area contributed by atoms with Crippen molar-refractivity contribution < 1.29 is 9.53 Å². The van der Waals surface area contributed by atoms with Gasteiger partial charge in [-0.15, -0.1) is 0 Å². The summed E-state index contributed by atoms with van der Waals surface area (Å²) in [5, 5.41) is 3.56. The third-order valence-corrected chi connectivity index (χ3v) is 2.84. The van der Waals surface area contributed by atoms with E-state index < -0.39 is 0 Å². The molecule has 0 aromatic carbocycles. The monoisotopic (exact) mass is 243 g/mol. The van der Waals surface area contributed by atoms with Crippen molar-refractivity contribution in [2.75, 3.05) is 13.2 Å². The highest BCUT2D eigenvalue weighted by Crippen LogP contribution is 2.11. The Hall–Kier alpha value is -0.570. The van der Waals surface area contributed by atoms with E-state index in [0.717, 1.165) is 25.8 Å². The molecule has 0 fully saturated rings. The predicted molar refractivity (Wildman–Crippen MR) is 72.1 cm³/mol. The lowest BCUT2D eigenvalue weighted by atomic mass is 9.99. The summed E-state index contributed by atoms with van der Waals surface area (Å²) in [6.07, 6.45) is 6.14. The van der Waals surface area contributed by atoms with Crippen molar-refractivity contribution in [2.24, 2.45) is 0 Å². The SMILES string of the molecule is CCCC(C)(C)NCCCCCC(=O)OCC. The summed E-state index contributed by atoms with van der Waals surface area (Å²) < 4.78 is 4.88. The van der Waals surface area contributed by atoms with Crippen molar-refractivity contribution in [3.8, 4) is 0 Å². The molecule has 0 aliphatic heterocycles. The first-order valence-corrected chi connectivity index (χ1v) is 6.92. The molecule has 0 heterocycles. The van der Waals surface area contributed by atoms with Crippen molar-refractivity contribution in [1.29, 1.82) is 0 Å². The Morgan fingerprint density at radius 3 is 2.47 bits per heavy atom. The van der Waals surface area contributed by atoms with Crippen LogP contribution in [0.1, 0.15) is 66.2 Å². The molecule has 17 heavy (non-hydrogen) atoms. The third-order valence-electron chi connectivity index (χ3n) is 2.84. The predicted octanol–water partition coefficient (Wildman–Crippen LogP) is 3.28. The minimum Gasteiger partial charge on any atom is -0.466 e. The number of ether oxygens (including phenoxy) is 1. The molecule has 0 saturated heterocycles. The zero-order valence-corrected chi connectivity index (χ0v) is 12.0. The molecular formula is C14H29NO2. The van der Waals surface area contributed by atoms with Gasteiger partial charge in [-0.2, -0.15) is 0 Å². The second kappa shape index (κ2) is 9.46. The van der Waals surface area contributed by atoms with Crippen LogP contribution in [0.2, 0.25) is 0 Å². The van der Waals surface area contributed by atoms with E-state index >= 15 is 0 Å². The molecule has 0 aliphatic carbocycles. The zero-order valence-electron chi connectivity index (χ0n) is 12.0. The molecule has 0 aromatic heterocycles. The number of nitrogens with one attached hydrogen (secondary N) is 1. The summed E-state index contributed by atoms with van der Waals surface area (Å²) in [4.78, 5) is 11.1. The number of carbonyl (C=O) groups excluding carboxylic acids is 1. The van der Waals surface area contributed by atoms with E-state index in [0.29, 0.717) is 13.0 Å². The molecule has 3 heteroatoms. The maximum atomic E-state index is 11.1. The second-order valence-electron chi connectivity index (χ2n) is 5.18. The standard InChI is InChI=1S/C14H29NO2/c1-5-11-14(3,4)15-12-9-7-8-10-13(16)17-6-2/h15H,5-12H2,1-4H3. The lowest BCUT2D eigenvalue weighted by Crippen LogP contribution is -2.39. The topological polar surface area (TPSA) is 38.3 Å². The maximum absolute atomic E-state index is 11.1. The van der Waals surface area contributed by atoms with E-state index in [1.807, 2.05) is 6.92 Å². The van der Waals surface area contributed by atoms with Crippen molar-refractivity contribution in [1.82, 2.24) is 5.32 Å². The van der Waals surface area contributed by atoms with Crippen LogP contribution in [-0.4, -0.2) is 24.7 Å². The first-order chi connectivity index (χ1) is 8.02. The van der Waals surface area contributed by atoms with Gasteiger partial charge in [0.15, 0.2) is 0 Å². The first kappa shape index (κ1) is 16.4. The Balaban J connectivity index is 3.37. The Bertz CT molecular complexity index is 202. The van der Waals surface area contributed by atoms with Gasteiger partial charge in [-0.05, 0) is 46.6 Å². The van der Waals surface area contributed by atoms with Gasteiger partial charge < -0.3 is 10.1 Å². The third kappa shape index (κ3) is 10.3. The number of hydrogen-bond donors (Lipinski definition) is 1. The van der Waals surface area contributed by atoms with Gasteiger partial charge >= 0.3 is 5.97 Å². The van der Waals surface area contributed by atoms with Crippen LogP contribution in [-0.2, 0) is 9.53 Å². The molecule has 1 N–H and O–H groups in total. The number of hydrogen-bond acceptors (Lipinski definition) is 3. The Labute approximate surface area is 106 Å². The second-order valence-corrected chi connectivity index (χ2v) is 5.18. The smallest absolute Gasteiger partial charge is 0.305 e. The molecule has 0 bridgehead atoms. The van der Waals surface area contributed by atoms with Crippen molar-refractivity contribution in [3.63, 3.8) is 0 Å². The fourth-order valence-corrected chi connectivity index (χ4v) is 1.94. The lowest BCUT2D eigenvalue weighted by Gasteiger charge is -2.25. The maximum Gasteiger partial charge on any atom is 0.305 e. The van der Waals surface area contributed by atoms with Gasteiger partial charge in [0.05, 0.1) is 6.61 Å². The highest BCUT2D eigenvalue weighted by atomic mass is 16.5. The Morgan fingerprint density at radius 2 is 1.88 bits per heavy atom. The molecule has 0 atom stereocenters. The van der Waals surface area contributed by atoms with E-state index in [2.05, 4.69) is 26.1 Å². The van der Waals surface area contributed by atoms with Crippen LogP contribution in [0.3, 0.4) is 0 Å². The molecule has 0 rings (SSSR count). The summed E-state index contributed by atoms with van der Waals surface area (Å²) in [5.74, 6) is -0.0632. The fraction of sp³-hybridized carbons (Fsp3) is 0.929. The summed E-state index contributed by atoms with van der Waals surface area (Å²) >= 11 is 0. The average molecular weight is 243 g/mol. The summed E-state index contributed by atoms with van der Waals surface area (Å²) in [6.45, 7) is 10.1. The summed E-state index contributed by atoms with van der Waals surface area (Å²) in [6, 6.07) is 0. The quantitative estimate of drug-likeness (QED) is 0.473. The number of esters is 1. The molecule has 0 spiro atoms. The average Bonchev–Trinajstić information content (AvgIpc) is 2.23. The number of rotatable bonds is 10. The van der Waals surface area contributed by atoms with Crippen molar-refractivity contribution in [2.45, 2.75) is 71.8 Å². The van der Waals surface area contributed by atoms with E-state index in [-0.39, 0.29) is 11.5 Å². The van der Waals surface area contributed by atoms with Crippen LogP contribution in [0.5, 0.6) is 0 Å². The largest absolute Gasteiger partial charge is 0.466 e. The van der Waals surface area contributed by atoms with Crippen LogP contribution in [0.15, 0.2) is 0 Å². The van der Waals surface area contributed by atoms with Gasteiger partial charge in [-0.1, -0.05) is 19.8 Å². The van der Waals surface area contributed by atoms with Gasteiger partial charge in [-0.3, -0.25) is 4.79 Å². The molecular weight excluding hydrogens is 214 g/mol. The molecule has 0 aliphatic rings. The van der Waals surface area contributed by atoms with Crippen LogP contribution >= 0.6 is 0 Å². The van der Waals surface area contributed by atoms with Gasteiger partial charge in [-0.25, -0.2) is 0 Å². The normalized spacial score (nSPS) is 11.5. The molecule has 0 amide bonds. The molecule has 0 radical (unpaired) electrons. The van der Waals surface area contributed by atoms with E-state index in [4.69, 9.17) is 4.74 Å². The summed E-state index contributed by atoms with van der Waals surface area (Å²) in [5.41, 5.74) is 0.246. The van der Waals surface area contributed by atoms with Crippen LogP contribution in [0, 0.1) is 0 Å². The Morgan fingerprint density at radius 1 is 1.18 bits per heavy atom. The highest BCUT2D eigenvalue weighted by molar-refractivity contribution is 5.69. The van der Waals surface area contributed by atoms with Gasteiger partial charge in [0, 0.05) is 12.0 Å². The number of carbonyl (C=O) groups is 1. The van der Waals surface area contributed by atoms with Gasteiger partial charge in [0.1, 0.15) is 0 Å². The van der Waals surface area contributed by atoms with E-state index in [9.17, 15) is 4.79 Å². The van der Waals surface area contributed by atoms with Crippen molar-refractivity contribution in [3.05, 3.63) is 0 Å². The molecule has 0 unspecified atom stereocenters. The van der Waals surface area contributed by atoms with Crippen LogP contribution in [0.25, 0.3) is 0 Å². The van der Waals surface area contributed by atoms with Crippen LogP contribution < -0.4 is 5.32 Å². The van der Waals surface area contributed by atoms with Gasteiger partial charge in [0.2, 0.25) is 0 Å². The highest BCUT2D eigenvalue weighted by Gasteiger charge is 2.14. The Kier molecular flexibility index (Phi) is 9.14. The minimum atomic E-state index is -0.0632. The molecule has 3 nitrogen and oxygen atoms in total. The van der Waals surface area contributed by atoms with Crippen molar-refractivity contribution >= 4 is 5.97 Å². The first-order valence-electron chi connectivity index (χ1n) is 6.92. The van der Waals surface area contributed by atoms with Crippen LogP contribution in [0.4, 0.5) is 0 Å².